The number of benzene rings is 1. The third-order valence-electron chi connectivity index (χ3n) is 2.21. The van der Waals surface area contributed by atoms with Crippen molar-refractivity contribution in [2.75, 3.05) is 13.2 Å². The predicted octanol–water partition coefficient (Wildman–Crippen LogP) is 0.0525. The maximum Gasteiger partial charge on any atom is 0.254 e. The van der Waals surface area contributed by atoms with Crippen LogP contribution in [0.15, 0.2) is 24.3 Å². The van der Waals surface area contributed by atoms with E-state index in [1.165, 1.54) is 24.3 Å². The van der Waals surface area contributed by atoms with Crippen LogP contribution in [0, 0.1) is 5.82 Å². The monoisotopic (exact) mass is 254 g/mol. The Bertz CT molecular complexity index is 437. The molecule has 0 aliphatic rings. The van der Waals surface area contributed by atoms with Crippen molar-refractivity contribution in [1.29, 1.82) is 0 Å². The lowest BCUT2D eigenvalue weighted by Crippen LogP contribution is -2.42. The summed E-state index contributed by atoms with van der Waals surface area (Å²) < 4.78 is 13.2. The summed E-state index contributed by atoms with van der Waals surface area (Å²) in [6.45, 7) is 1.17. The quantitative estimate of drug-likeness (QED) is 0.695. The lowest BCUT2D eigenvalue weighted by atomic mass is 10.2. The maximum atomic E-state index is 13.2. The van der Waals surface area contributed by atoms with Gasteiger partial charge in [0.05, 0.1) is 18.7 Å². The lowest BCUT2D eigenvalue weighted by molar-refractivity contribution is -0.121. The smallest absolute Gasteiger partial charge is 0.254 e. The molecule has 0 aromatic heterocycles. The van der Waals surface area contributed by atoms with Gasteiger partial charge in [-0.05, 0) is 19.1 Å². The van der Waals surface area contributed by atoms with Crippen molar-refractivity contribution in [2.45, 2.75) is 13.0 Å². The van der Waals surface area contributed by atoms with Crippen LogP contribution in [0.25, 0.3) is 0 Å². The molecule has 5 nitrogen and oxygen atoms in total. The Kier molecular flexibility index (Phi) is 5.26. The zero-order valence-corrected chi connectivity index (χ0v) is 9.94. The molecule has 3 N–H and O–H groups in total. The van der Waals surface area contributed by atoms with E-state index in [4.69, 9.17) is 5.11 Å². The summed E-state index contributed by atoms with van der Waals surface area (Å²) in [6, 6.07) is 5.12. The molecule has 1 unspecified atom stereocenters. The van der Waals surface area contributed by atoms with Gasteiger partial charge in [0.15, 0.2) is 0 Å². The van der Waals surface area contributed by atoms with Gasteiger partial charge in [0, 0.05) is 6.04 Å². The highest BCUT2D eigenvalue weighted by molar-refractivity contribution is 5.96. The highest BCUT2D eigenvalue weighted by Crippen LogP contribution is 2.05. The Morgan fingerprint density at radius 3 is 2.67 bits per heavy atom. The van der Waals surface area contributed by atoms with Gasteiger partial charge in [-0.1, -0.05) is 12.1 Å². The average Bonchev–Trinajstić information content (AvgIpc) is 2.36. The number of halogens is 1. The Balaban J connectivity index is 2.47. The molecule has 0 aliphatic heterocycles. The van der Waals surface area contributed by atoms with Crippen LogP contribution in [0.3, 0.4) is 0 Å². The third-order valence-corrected chi connectivity index (χ3v) is 2.21. The van der Waals surface area contributed by atoms with E-state index in [1.807, 2.05) is 0 Å². The maximum absolute atomic E-state index is 13.2. The van der Waals surface area contributed by atoms with Gasteiger partial charge >= 0.3 is 0 Å². The number of rotatable bonds is 5. The number of hydrogen-bond acceptors (Lipinski definition) is 3. The van der Waals surface area contributed by atoms with Gasteiger partial charge in [0.1, 0.15) is 5.82 Å². The normalized spacial score (nSPS) is 11.7. The van der Waals surface area contributed by atoms with E-state index in [0.29, 0.717) is 0 Å². The zero-order chi connectivity index (χ0) is 13.5. The molecule has 0 aliphatic carbocycles. The van der Waals surface area contributed by atoms with Crippen molar-refractivity contribution in [2.24, 2.45) is 0 Å². The molecule has 0 fully saturated rings. The standard InChI is InChI=1S/C12H15FN2O3/c1-8(7-16)15-11(17)6-14-12(18)9-4-2-3-5-10(9)13/h2-5,8,16H,6-7H2,1H3,(H,14,18)(H,15,17). The first-order valence-electron chi connectivity index (χ1n) is 5.47. The predicted molar refractivity (Wildman–Crippen MR) is 63.4 cm³/mol. The largest absolute Gasteiger partial charge is 0.394 e. The molecular formula is C12H15FN2O3. The lowest BCUT2D eigenvalue weighted by Gasteiger charge is -2.11. The second kappa shape index (κ2) is 6.70. The SMILES string of the molecule is CC(CO)NC(=O)CNC(=O)c1ccccc1F. The van der Waals surface area contributed by atoms with Crippen LogP contribution in [0.4, 0.5) is 4.39 Å². The van der Waals surface area contributed by atoms with Crippen LogP contribution in [-0.2, 0) is 4.79 Å². The van der Waals surface area contributed by atoms with Gasteiger partial charge in [0.25, 0.3) is 5.91 Å². The number of nitrogens with one attached hydrogen (secondary N) is 2. The summed E-state index contributed by atoms with van der Waals surface area (Å²) in [4.78, 5) is 22.8. The van der Waals surface area contributed by atoms with Crippen molar-refractivity contribution in [3.63, 3.8) is 0 Å². The minimum atomic E-state index is -0.653. The number of carbonyl (C=O) groups is 2. The molecule has 98 valence electrons. The van der Waals surface area contributed by atoms with Gasteiger partial charge in [-0.2, -0.15) is 0 Å². The molecular weight excluding hydrogens is 239 g/mol. The summed E-state index contributed by atoms with van der Waals surface area (Å²) in [6.07, 6.45) is 0. The molecule has 0 saturated heterocycles. The second-order valence-corrected chi connectivity index (χ2v) is 3.81. The number of aliphatic hydroxyl groups excluding tert-OH is 1. The first-order chi connectivity index (χ1) is 8.54. The molecule has 0 radical (unpaired) electrons. The van der Waals surface area contributed by atoms with Crippen molar-refractivity contribution in [1.82, 2.24) is 10.6 Å². The van der Waals surface area contributed by atoms with E-state index in [-0.39, 0.29) is 24.8 Å². The Morgan fingerprint density at radius 2 is 2.06 bits per heavy atom. The van der Waals surface area contributed by atoms with E-state index in [1.54, 1.807) is 6.92 Å². The molecule has 0 saturated carbocycles. The topological polar surface area (TPSA) is 78.4 Å². The molecule has 1 rings (SSSR count). The van der Waals surface area contributed by atoms with Gasteiger partial charge in [-0.15, -0.1) is 0 Å². The number of aliphatic hydroxyl groups is 1. The van der Waals surface area contributed by atoms with Crippen LogP contribution in [0.1, 0.15) is 17.3 Å². The van der Waals surface area contributed by atoms with E-state index in [0.717, 1.165) is 0 Å². The fourth-order valence-corrected chi connectivity index (χ4v) is 1.27. The molecule has 0 heterocycles. The molecule has 1 aromatic rings. The Hall–Kier alpha value is -1.95. The highest BCUT2D eigenvalue weighted by Gasteiger charge is 2.12. The minimum Gasteiger partial charge on any atom is -0.394 e. The van der Waals surface area contributed by atoms with Crippen LogP contribution in [0.2, 0.25) is 0 Å². The summed E-state index contributed by atoms with van der Waals surface area (Å²) in [7, 11) is 0. The van der Waals surface area contributed by atoms with E-state index >= 15 is 0 Å². The summed E-state index contributed by atoms with van der Waals surface area (Å²) in [5, 5.41) is 13.5. The Labute approximate surface area is 104 Å². The van der Waals surface area contributed by atoms with Crippen molar-refractivity contribution >= 4 is 11.8 Å². The zero-order valence-electron chi connectivity index (χ0n) is 9.94. The fourth-order valence-electron chi connectivity index (χ4n) is 1.27. The van der Waals surface area contributed by atoms with E-state index in [2.05, 4.69) is 10.6 Å². The molecule has 0 spiro atoms. The van der Waals surface area contributed by atoms with Gasteiger partial charge in [0.2, 0.25) is 5.91 Å². The van der Waals surface area contributed by atoms with Gasteiger partial charge < -0.3 is 15.7 Å². The fraction of sp³-hybridized carbons (Fsp3) is 0.333. The summed E-state index contributed by atoms with van der Waals surface area (Å²) >= 11 is 0. The number of hydrogen-bond donors (Lipinski definition) is 3. The molecule has 0 bridgehead atoms. The average molecular weight is 254 g/mol. The first kappa shape index (κ1) is 14.1. The number of amides is 2. The summed E-state index contributed by atoms with van der Waals surface area (Å²) in [5.74, 6) is -1.74. The first-order valence-corrected chi connectivity index (χ1v) is 5.47. The molecule has 2 amide bonds. The van der Waals surface area contributed by atoms with Crippen LogP contribution >= 0.6 is 0 Å². The molecule has 1 atom stereocenters. The van der Waals surface area contributed by atoms with E-state index in [9.17, 15) is 14.0 Å². The minimum absolute atomic E-state index is 0.111. The van der Waals surface area contributed by atoms with Gasteiger partial charge in [-0.25, -0.2) is 4.39 Å². The van der Waals surface area contributed by atoms with Crippen LogP contribution in [-0.4, -0.2) is 36.1 Å². The summed E-state index contributed by atoms with van der Waals surface area (Å²) in [5.41, 5.74) is -0.111. The Morgan fingerprint density at radius 1 is 1.39 bits per heavy atom. The second-order valence-electron chi connectivity index (χ2n) is 3.81. The van der Waals surface area contributed by atoms with Crippen molar-refractivity contribution in [3.05, 3.63) is 35.6 Å². The van der Waals surface area contributed by atoms with Crippen LogP contribution in [0.5, 0.6) is 0 Å². The van der Waals surface area contributed by atoms with Crippen molar-refractivity contribution in [3.8, 4) is 0 Å². The molecule has 6 heteroatoms. The van der Waals surface area contributed by atoms with E-state index < -0.39 is 17.6 Å². The van der Waals surface area contributed by atoms with Gasteiger partial charge in [-0.3, -0.25) is 9.59 Å². The molecule has 1 aromatic carbocycles. The number of carbonyl (C=O) groups excluding carboxylic acids is 2. The third kappa shape index (κ3) is 4.14. The molecule has 18 heavy (non-hydrogen) atoms. The highest BCUT2D eigenvalue weighted by atomic mass is 19.1. The van der Waals surface area contributed by atoms with Crippen molar-refractivity contribution < 1.29 is 19.1 Å². The van der Waals surface area contributed by atoms with Crippen LogP contribution < -0.4 is 10.6 Å².